The largest absolute Gasteiger partial charge is 0.325 e. The second-order valence-corrected chi connectivity index (χ2v) is 5.61. The van der Waals surface area contributed by atoms with Gasteiger partial charge in [0.15, 0.2) is 0 Å². The fourth-order valence-electron chi connectivity index (χ4n) is 2.53. The number of rotatable bonds is 4. The second-order valence-electron chi connectivity index (χ2n) is 5.61. The van der Waals surface area contributed by atoms with Crippen molar-refractivity contribution in [3.05, 3.63) is 65.4 Å². The predicted octanol–water partition coefficient (Wildman–Crippen LogP) is 3.66. The third-order valence-corrected chi connectivity index (χ3v) is 3.91. The van der Waals surface area contributed by atoms with Crippen LogP contribution in [-0.4, -0.2) is 15.3 Å². The lowest BCUT2D eigenvalue weighted by Gasteiger charge is -2.07. The Bertz CT molecular complexity index is 870. The highest BCUT2D eigenvalue weighted by atomic mass is 19.1. The zero-order valence-corrected chi connectivity index (χ0v) is 13.1. The molecule has 0 radical (unpaired) electrons. The maximum absolute atomic E-state index is 13.1. The molecule has 0 saturated carbocycles. The van der Waals surface area contributed by atoms with E-state index in [1.54, 1.807) is 6.07 Å². The van der Waals surface area contributed by atoms with Gasteiger partial charge in [-0.3, -0.25) is 4.79 Å². The smallest absolute Gasteiger partial charge is 0.224 e. The first kappa shape index (κ1) is 15.2. The molecule has 3 aromatic rings. The van der Waals surface area contributed by atoms with E-state index in [9.17, 15) is 9.18 Å². The van der Waals surface area contributed by atoms with Crippen molar-refractivity contribution in [1.82, 2.24) is 9.38 Å². The zero-order chi connectivity index (χ0) is 16.4. The molecule has 0 fully saturated rings. The first-order valence-corrected chi connectivity index (χ1v) is 7.52. The van der Waals surface area contributed by atoms with Gasteiger partial charge in [-0.05, 0) is 50.1 Å². The van der Waals surface area contributed by atoms with Crippen LogP contribution < -0.4 is 5.32 Å². The summed E-state index contributed by atoms with van der Waals surface area (Å²) in [6.45, 7) is 3.95. The zero-order valence-electron chi connectivity index (χ0n) is 13.1. The predicted molar refractivity (Wildman–Crippen MR) is 88.0 cm³/mol. The summed E-state index contributed by atoms with van der Waals surface area (Å²) < 4.78 is 15.1. The van der Waals surface area contributed by atoms with Crippen LogP contribution in [0.25, 0.3) is 5.65 Å². The van der Waals surface area contributed by atoms with E-state index in [4.69, 9.17) is 0 Å². The van der Waals surface area contributed by atoms with Crippen LogP contribution in [0, 0.1) is 19.7 Å². The van der Waals surface area contributed by atoms with Crippen LogP contribution in [0.2, 0.25) is 0 Å². The van der Waals surface area contributed by atoms with Crippen LogP contribution in [0.3, 0.4) is 0 Å². The monoisotopic (exact) mass is 311 g/mol. The fraction of sp³-hybridized carbons (Fsp3) is 0.222. The van der Waals surface area contributed by atoms with E-state index in [-0.39, 0.29) is 11.7 Å². The average molecular weight is 311 g/mol. The Labute approximate surface area is 134 Å². The summed E-state index contributed by atoms with van der Waals surface area (Å²) in [7, 11) is 0. The molecule has 0 atom stereocenters. The summed E-state index contributed by atoms with van der Waals surface area (Å²) in [6.07, 6.45) is 2.68. The first-order valence-electron chi connectivity index (χ1n) is 7.52. The number of hydrogen-bond donors (Lipinski definition) is 1. The van der Waals surface area contributed by atoms with Crippen LogP contribution in [0.15, 0.2) is 42.6 Å². The molecule has 23 heavy (non-hydrogen) atoms. The molecule has 4 nitrogen and oxygen atoms in total. The number of halogens is 1. The molecule has 2 aromatic heterocycles. The Balaban J connectivity index is 1.66. The minimum absolute atomic E-state index is 0.0944. The SMILES string of the molecule is Cc1nc2ccc(NC(=O)CCc3cccc(F)c3)cn2c1C. The number of pyridine rings is 1. The van der Waals surface area contributed by atoms with Crippen molar-refractivity contribution in [3.63, 3.8) is 0 Å². The number of hydrogen-bond acceptors (Lipinski definition) is 2. The number of amides is 1. The molecule has 0 aliphatic carbocycles. The summed E-state index contributed by atoms with van der Waals surface area (Å²) in [5.41, 5.74) is 4.42. The number of fused-ring (bicyclic) bond motifs is 1. The van der Waals surface area contributed by atoms with E-state index >= 15 is 0 Å². The quantitative estimate of drug-likeness (QED) is 0.799. The van der Waals surface area contributed by atoms with Crippen LogP contribution in [-0.2, 0) is 11.2 Å². The van der Waals surface area contributed by atoms with Crippen LogP contribution in [0.5, 0.6) is 0 Å². The minimum atomic E-state index is -0.278. The Kier molecular flexibility index (Phi) is 4.10. The summed E-state index contributed by atoms with van der Waals surface area (Å²) in [5, 5.41) is 2.87. The molecule has 118 valence electrons. The molecule has 2 heterocycles. The van der Waals surface area contributed by atoms with E-state index in [1.807, 2.05) is 42.6 Å². The van der Waals surface area contributed by atoms with Crippen LogP contribution >= 0.6 is 0 Å². The number of aromatic nitrogens is 2. The normalized spacial score (nSPS) is 10.9. The topological polar surface area (TPSA) is 46.4 Å². The molecule has 0 aliphatic rings. The number of nitrogens with zero attached hydrogens (tertiary/aromatic N) is 2. The number of aryl methyl sites for hydroxylation is 3. The third kappa shape index (κ3) is 3.39. The van der Waals surface area contributed by atoms with Gasteiger partial charge in [0.1, 0.15) is 11.5 Å². The molecule has 0 aliphatic heterocycles. The molecule has 0 spiro atoms. The van der Waals surface area contributed by atoms with Crippen molar-refractivity contribution < 1.29 is 9.18 Å². The number of anilines is 1. The van der Waals surface area contributed by atoms with Gasteiger partial charge < -0.3 is 9.72 Å². The maximum atomic E-state index is 13.1. The molecular weight excluding hydrogens is 293 g/mol. The molecule has 0 saturated heterocycles. The van der Waals surface area contributed by atoms with Gasteiger partial charge >= 0.3 is 0 Å². The number of carbonyl (C=O) groups excluding carboxylic acids is 1. The standard InChI is InChI=1S/C18H18FN3O/c1-12-13(2)22-11-16(7-8-17(22)20-12)21-18(23)9-6-14-4-3-5-15(19)10-14/h3-5,7-8,10-11H,6,9H2,1-2H3,(H,21,23). The Morgan fingerprint density at radius 2 is 2.09 bits per heavy atom. The third-order valence-electron chi connectivity index (χ3n) is 3.91. The van der Waals surface area contributed by atoms with Crippen molar-refractivity contribution in [2.75, 3.05) is 5.32 Å². The van der Waals surface area contributed by atoms with E-state index in [0.29, 0.717) is 12.8 Å². The van der Waals surface area contributed by atoms with Gasteiger partial charge in [-0.25, -0.2) is 9.37 Å². The molecule has 1 N–H and O–H groups in total. The highest BCUT2D eigenvalue weighted by Gasteiger charge is 2.07. The molecule has 3 rings (SSSR count). The summed E-state index contributed by atoms with van der Waals surface area (Å²) in [4.78, 5) is 16.5. The van der Waals surface area contributed by atoms with Crippen molar-refractivity contribution >= 4 is 17.2 Å². The van der Waals surface area contributed by atoms with Crippen LogP contribution in [0.1, 0.15) is 23.4 Å². The van der Waals surface area contributed by atoms with Crippen molar-refractivity contribution in [3.8, 4) is 0 Å². The Morgan fingerprint density at radius 1 is 1.26 bits per heavy atom. The van der Waals surface area contributed by atoms with E-state index in [1.165, 1.54) is 12.1 Å². The van der Waals surface area contributed by atoms with Gasteiger partial charge in [-0.15, -0.1) is 0 Å². The Hall–Kier alpha value is -2.69. The van der Waals surface area contributed by atoms with Crippen molar-refractivity contribution in [1.29, 1.82) is 0 Å². The minimum Gasteiger partial charge on any atom is -0.325 e. The lowest BCUT2D eigenvalue weighted by molar-refractivity contribution is -0.116. The highest BCUT2D eigenvalue weighted by Crippen LogP contribution is 2.16. The lowest BCUT2D eigenvalue weighted by Crippen LogP contribution is -2.12. The maximum Gasteiger partial charge on any atom is 0.224 e. The highest BCUT2D eigenvalue weighted by molar-refractivity contribution is 5.90. The average Bonchev–Trinajstić information content (AvgIpc) is 2.80. The number of imidazole rings is 1. The molecule has 5 heteroatoms. The number of benzene rings is 1. The second kappa shape index (κ2) is 6.20. The molecule has 1 amide bonds. The summed E-state index contributed by atoms with van der Waals surface area (Å²) >= 11 is 0. The van der Waals surface area contributed by atoms with Crippen molar-refractivity contribution in [2.24, 2.45) is 0 Å². The van der Waals surface area contributed by atoms with Gasteiger partial charge in [0.2, 0.25) is 5.91 Å². The number of carbonyl (C=O) groups is 1. The van der Waals surface area contributed by atoms with Gasteiger partial charge in [0.25, 0.3) is 0 Å². The van der Waals surface area contributed by atoms with Gasteiger partial charge in [-0.2, -0.15) is 0 Å². The fourth-order valence-corrected chi connectivity index (χ4v) is 2.53. The number of nitrogens with one attached hydrogen (secondary N) is 1. The van der Waals surface area contributed by atoms with Crippen molar-refractivity contribution in [2.45, 2.75) is 26.7 Å². The summed E-state index contributed by atoms with van der Waals surface area (Å²) in [5.74, 6) is -0.373. The van der Waals surface area contributed by atoms with Gasteiger partial charge in [0, 0.05) is 18.3 Å². The Morgan fingerprint density at radius 3 is 2.87 bits per heavy atom. The molecular formula is C18H18FN3O. The summed E-state index contributed by atoms with van der Waals surface area (Å²) in [6, 6.07) is 10.0. The van der Waals surface area contributed by atoms with E-state index < -0.39 is 0 Å². The lowest BCUT2D eigenvalue weighted by atomic mass is 10.1. The van der Waals surface area contributed by atoms with E-state index in [0.717, 1.165) is 28.3 Å². The molecule has 0 unspecified atom stereocenters. The first-order chi connectivity index (χ1) is 11.0. The van der Waals surface area contributed by atoms with Gasteiger partial charge in [-0.1, -0.05) is 12.1 Å². The molecule has 0 bridgehead atoms. The van der Waals surface area contributed by atoms with Gasteiger partial charge in [0.05, 0.1) is 11.4 Å². The van der Waals surface area contributed by atoms with Crippen LogP contribution in [0.4, 0.5) is 10.1 Å². The van der Waals surface area contributed by atoms with E-state index in [2.05, 4.69) is 10.3 Å². The molecule has 1 aromatic carbocycles.